The molecule has 1 aromatic carbocycles. The molecule has 2 amide bonds. The van der Waals surface area contributed by atoms with Crippen LogP contribution >= 0.6 is 0 Å². The minimum atomic E-state index is -0.355. The van der Waals surface area contributed by atoms with Crippen molar-refractivity contribution >= 4 is 17.5 Å². The standard InChI is InChI=1S/C18H26N2O5/c1-4-25-9-5-8-19-18(22)13-10-17(21)20(12-13)15-7-6-14(23-2)11-16(15)24-3/h6-7,11,13H,4-5,8-10,12H2,1-3H3,(H,19,22)/t13-/m0/s1. The average molecular weight is 350 g/mol. The van der Waals surface area contributed by atoms with Gasteiger partial charge in [-0.3, -0.25) is 9.59 Å². The summed E-state index contributed by atoms with van der Waals surface area (Å²) >= 11 is 0. The smallest absolute Gasteiger partial charge is 0.227 e. The Balaban J connectivity index is 1.97. The molecule has 0 radical (unpaired) electrons. The third kappa shape index (κ3) is 4.85. The van der Waals surface area contributed by atoms with Crippen LogP contribution in [-0.2, 0) is 14.3 Å². The molecule has 1 aromatic rings. The second-order valence-electron chi connectivity index (χ2n) is 5.78. The number of methoxy groups -OCH3 is 2. The van der Waals surface area contributed by atoms with Crippen molar-refractivity contribution in [1.82, 2.24) is 5.32 Å². The molecule has 1 heterocycles. The lowest BCUT2D eigenvalue weighted by atomic mass is 10.1. The zero-order valence-electron chi connectivity index (χ0n) is 15.0. The Bertz CT molecular complexity index is 605. The van der Waals surface area contributed by atoms with Gasteiger partial charge in [0.2, 0.25) is 11.8 Å². The molecule has 7 nitrogen and oxygen atoms in total. The van der Waals surface area contributed by atoms with Crippen LogP contribution in [-0.4, -0.2) is 52.3 Å². The van der Waals surface area contributed by atoms with Crippen LogP contribution in [0.3, 0.4) is 0 Å². The maximum absolute atomic E-state index is 12.4. The van der Waals surface area contributed by atoms with Gasteiger partial charge in [-0.15, -0.1) is 0 Å². The lowest BCUT2D eigenvalue weighted by Gasteiger charge is -2.20. The Morgan fingerprint density at radius 3 is 2.80 bits per heavy atom. The normalized spacial score (nSPS) is 16.8. The number of carbonyl (C=O) groups is 2. The van der Waals surface area contributed by atoms with E-state index in [1.807, 2.05) is 6.92 Å². The molecular weight excluding hydrogens is 324 g/mol. The van der Waals surface area contributed by atoms with Gasteiger partial charge in [0.25, 0.3) is 0 Å². The number of amides is 2. The highest BCUT2D eigenvalue weighted by Crippen LogP contribution is 2.35. The molecule has 0 aromatic heterocycles. The highest BCUT2D eigenvalue weighted by molar-refractivity contribution is 6.01. The van der Waals surface area contributed by atoms with Crippen molar-refractivity contribution in [2.24, 2.45) is 5.92 Å². The lowest BCUT2D eigenvalue weighted by Crippen LogP contribution is -2.34. The number of ether oxygens (including phenoxy) is 3. The van der Waals surface area contributed by atoms with Gasteiger partial charge in [-0.05, 0) is 25.5 Å². The molecule has 1 atom stereocenters. The average Bonchev–Trinajstić information content (AvgIpc) is 3.02. The first kappa shape index (κ1) is 19.1. The van der Waals surface area contributed by atoms with Crippen LogP contribution < -0.4 is 19.7 Å². The van der Waals surface area contributed by atoms with Crippen molar-refractivity contribution in [1.29, 1.82) is 0 Å². The summed E-state index contributed by atoms with van der Waals surface area (Å²) in [7, 11) is 3.11. The van der Waals surface area contributed by atoms with Gasteiger partial charge < -0.3 is 24.4 Å². The molecule has 2 rings (SSSR count). The SMILES string of the molecule is CCOCCCNC(=O)[C@H]1CC(=O)N(c2ccc(OC)cc2OC)C1. The van der Waals surface area contributed by atoms with Crippen LogP contribution in [0.15, 0.2) is 18.2 Å². The van der Waals surface area contributed by atoms with Crippen molar-refractivity contribution in [3.05, 3.63) is 18.2 Å². The molecule has 7 heteroatoms. The largest absolute Gasteiger partial charge is 0.497 e. The highest BCUT2D eigenvalue weighted by Gasteiger charge is 2.36. The van der Waals surface area contributed by atoms with Crippen molar-refractivity contribution in [2.45, 2.75) is 19.8 Å². The van der Waals surface area contributed by atoms with Crippen LogP contribution in [0.25, 0.3) is 0 Å². The third-order valence-corrected chi connectivity index (χ3v) is 4.14. The summed E-state index contributed by atoms with van der Waals surface area (Å²) in [6.45, 7) is 4.12. The van der Waals surface area contributed by atoms with Gasteiger partial charge in [0.15, 0.2) is 0 Å². The lowest BCUT2D eigenvalue weighted by molar-refractivity contribution is -0.126. The molecule has 1 saturated heterocycles. The maximum Gasteiger partial charge on any atom is 0.227 e. The Kier molecular flexibility index (Phi) is 7.06. The predicted octanol–water partition coefficient (Wildman–Crippen LogP) is 1.60. The van der Waals surface area contributed by atoms with Gasteiger partial charge in [-0.25, -0.2) is 0 Å². The fourth-order valence-corrected chi connectivity index (χ4v) is 2.80. The van der Waals surface area contributed by atoms with Gasteiger partial charge in [0.05, 0.1) is 25.8 Å². The van der Waals surface area contributed by atoms with Crippen molar-refractivity contribution in [3.63, 3.8) is 0 Å². The van der Waals surface area contributed by atoms with Gasteiger partial charge in [-0.1, -0.05) is 0 Å². The quantitative estimate of drug-likeness (QED) is 0.685. The van der Waals surface area contributed by atoms with Crippen LogP contribution in [0.2, 0.25) is 0 Å². The molecule has 0 bridgehead atoms. The summed E-state index contributed by atoms with van der Waals surface area (Å²) in [6, 6.07) is 5.27. The Morgan fingerprint density at radius 2 is 2.12 bits per heavy atom. The summed E-state index contributed by atoms with van der Waals surface area (Å²) in [5.41, 5.74) is 0.653. The van der Waals surface area contributed by atoms with Gasteiger partial charge >= 0.3 is 0 Å². The van der Waals surface area contributed by atoms with E-state index in [-0.39, 0.29) is 24.2 Å². The van der Waals surface area contributed by atoms with E-state index < -0.39 is 0 Å². The van der Waals surface area contributed by atoms with Crippen molar-refractivity contribution in [2.75, 3.05) is 45.4 Å². The molecule has 1 aliphatic rings. The second kappa shape index (κ2) is 9.27. The van der Waals surface area contributed by atoms with Gasteiger partial charge in [-0.2, -0.15) is 0 Å². The molecule has 25 heavy (non-hydrogen) atoms. The van der Waals surface area contributed by atoms with E-state index in [0.29, 0.717) is 43.5 Å². The molecule has 138 valence electrons. The van der Waals surface area contributed by atoms with Crippen LogP contribution in [0.5, 0.6) is 11.5 Å². The molecule has 0 saturated carbocycles. The van der Waals surface area contributed by atoms with Crippen LogP contribution in [0.1, 0.15) is 19.8 Å². The molecule has 1 N–H and O–H groups in total. The minimum Gasteiger partial charge on any atom is -0.497 e. The Labute approximate surface area is 148 Å². The van der Waals surface area contributed by atoms with E-state index in [4.69, 9.17) is 14.2 Å². The van der Waals surface area contributed by atoms with Gasteiger partial charge in [0.1, 0.15) is 11.5 Å². The van der Waals surface area contributed by atoms with E-state index >= 15 is 0 Å². The number of nitrogens with zero attached hydrogens (tertiary/aromatic N) is 1. The summed E-state index contributed by atoms with van der Waals surface area (Å²) in [6.07, 6.45) is 0.961. The summed E-state index contributed by atoms with van der Waals surface area (Å²) in [5, 5.41) is 2.87. The number of anilines is 1. The fourth-order valence-electron chi connectivity index (χ4n) is 2.80. The zero-order valence-corrected chi connectivity index (χ0v) is 15.0. The van der Waals surface area contributed by atoms with E-state index in [2.05, 4.69) is 5.32 Å². The molecule has 1 fully saturated rings. The maximum atomic E-state index is 12.4. The third-order valence-electron chi connectivity index (χ3n) is 4.14. The van der Waals surface area contributed by atoms with Crippen molar-refractivity contribution < 1.29 is 23.8 Å². The topological polar surface area (TPSA) is 77.1 Å². The predicted molar refractivity (Wildman–Crippen MR) is 94.1 cm³/mol. The molecule has 0 spiro atoms. The first-order valence-electron chi connectivity index (χ1n) is 8.48. The molecule has 1 aliphatic heterocycles. The second-order valence-corrected chi connectivity index (χ2v) is 5.78. The van der Waals surface area contributed by atoms with Crippen LogP contribution in [0.4, 0.5) is 5.69 Å². The number of benzene rings is 1. The summed E-state index contributed by atoms with van der Waals surface area (Å²) < 4.78 is 15.8. The van der Waals surface area contributed by atoms with E-state index in [0.717, 1.165) is 6.42 Å². The first-order chi connectivity index (χ1) is 12.1. The summed E-state index contributed by atoms with van der Waals surface area (Å²) in [4.78, 5) is 26.2. The molecular formula is C18H26N2O5. The summed E-state index contributed by atoms with van der Waals surface area (Å²) in [5.74, 6) is 0.658. The monoisotopic (exact) mass is 350 g/mol. The van der Waals surface area contributed by atoms with Crippen LogP contribution in [0, 0.1) is 5.92 Å². The highest BCUT2D eigenvalue weighted by atomic mass is 16.5. The fraction of sp³-hybridized carbons (Fsp3) is 0.556. The molecule has 0 unspecified atom stereocenters. The van der Waals surface area contributed by atoms with Gasteiger partial charge in [0, 0.05) is 38.8 Å². The zero-order chi connectivity index (χ0) is 18.2. The molecule has 0 aliphatic carbocycles. The minimum absolute atomic E-state index is 0.0852. The van der Waals surface area contributed by atoms with Crippen molar-refractivity contribution in [3.8, 4) is 11.5 Å². The Hall–Kier alpha value is -2.28. The number of rotatable bonds is 9. The number of hydrogen-bond acceptors (Lipinski definition) is 5. The number of hydrogen-bond donors (Lipinski definition) is 1. The first-order valence-corrected chi connectivity index (χ1v) is 8.48. The number of nitrogens with one attached hydrogen (secondary N) is 1. The van der Waals surface area contributed by atoms with E-state index in [1.54, 1.807) is 37.3 Å². The Morgan fingerprint density at radius 1 is 1.32 bits per heavy atom. The number of carbonyl (C=O) groups excluding carboxylic acids is 2. The van der Waals surface area contributed by atoms with E-state index in [1.165, 1.54) is 0 Å². The van der Waals surface area contributed by atoms with E-state index in [9.17, 15) is 9.59 Å².